The lowest BCUT2D eigenvalue weighted by atomic mass is 9.92. The van der Waals surface area contributed by atoms with E-state index in [-0.39, 0.29) is 17.5 Å². The van der Waals surface area contributed by atoms with Gasteiger partial charge in [0.15, 0.2) is 0 Å². The number of nitrogens with zero attached hydrogens (tertiary/aromatic N) is 4. The summed E-state index contributed by atoms with van der Waals surface area (Å²) in [6, 6.07) is 3.38. The van der Waals surface area contributed by atoms with Gasteiger partial charge >= 0.3 is 0 Å². The normalized spacial score (nSPS) is 19.4. The minimum absolute atomic E-state index is 0.0541. The molecular weight excluding hydrogens is 442 g/mol. The molecule has 1 unspecified atom stereocenters. The molecule has 1 saturated heterocycles. The predicted octanol–water partition coefficient (Wildman–Crippen LogP) is 3.01. The van der Waals surface area contributed by atoms with Gasteiger partial charge < -0.3 is 15.5 Å². The van der Waals surface area contributed by atoms with E-state index >= 15 is 0 Å². The zero-order valence-electron chi connectivity index (χ0n) is 19.1. The monoisotopic (exact) mass is 473 g/mol. The highest BCUT2D eigenvalue weighted by Crippen LogP contribution is 2.31. The molecule has 0 aromatic carbocycles. The second-order valence-electron chi connectivity index (χ2n) is 8.64. The zero-order valence-corrected chi connectivity index (χ0v) is 19.9. The van der Waals surface area contributed by atoms with Gasteiger partial charge in [0.1, 0.15) is 11.6 Å². The summed E-state index contributed by atoms with van der Waals surface area (Å²) in [4.78, 5) is 28.5. The number of carbonyl (C=O) groups excluding carboxylic acids is 1. The molecule has 0 spiro atoms. The molecule has 178 valence electrons. The third-order valence-electron chi connectivity index (χ3n) is 6.04. The molecule has 4 heterocycles. The van der Waals surface area contributed by atoms with Crippen LogP contribution in [0.3, 0.4) is 0 Å². The van der Waals surface area contributed by atoms with Crippen LogP contribution in [-0.4, -0.2) is 54.7 Å². The Labute approximate surface area is 194 Å². The molecule has 1 fully saturated rings. The molecule has 11 heteroatoms. The second kappa shape index (κ2) is 9.90. The summed E-state index contributed by atoms with van der Waals surface area (Å²) in [7, 11) is -3.48. The Balaban J connectivity index is 1.73. The molecule has 2 aliphatic rings. The van der Waals surface area contributed by atoms with E-state index in [9.17, 15) is 13.2 Å². The number of fused-ring (bicyclic) bond motifs is 6. The van der Waals surface area contributed by atoms with E-state index < -0.39 is 10.0 Å². The average Bonchev–Trinajstić information content (AvgIpc) is 2.78. The first-order valence-corrected chi connectivity index (χ1v) is 13.1. The van der Waals surface area contributed by atoms with Crippen LogP contribution in [0.4, 0.5) is 23.3 Å². The lowest BCUT2D eigenvalue weighted by molar-refractivity contribution is 0.102. The second-order valence-corrected chi connectivity index (χ2v) is 10.7. The molecule has 2 aromatic heterocycles. The molecule has 1 amide bonds. The number of carbonyl (C=O) groups is 1. The molecule has 33 heavy (non-hydrogen) atoms. The molecule has 10 nitrogen and oxygen atoms in total. The number of rotatable bonds is 3. The van der Waals surface area contributed by atoms with Gasteiger partial charge in [-0.2, -0.15) is 4.98 Å². The summed E-state index contributed by atoms with van der Waals surface area (Å²) in [6.45, 7) is 5.83. The van der Waals surface area contributed by atoms with E-state index in [4.69, 9.17) is 0 Å². The number of amides is 1. The summed E-state index contributed by atoms with van der Waals surface area (Å²) in [6.07, 6.45) is 6.81. The van der Waals surface area contributed by atoms with Crippen molar-refractivity contribution in [1.82, 2.24) is 15.0 Å². The van der Waals surface area contributed by atoms with Crippen LogP contribution in [0.5, 0.6) is 0 Å². The first-order chi connectivity index (χ1) is 15.8. The van der Waals surface area contributed by atoms with Crippen molar-refractivity contribution >= 4 is 39.2 Å². The number of hydrogen-bond acceptors (Lipinski definition) is 8. The van der Waals surface area contributed by atoms with Crippen LogP contribution in [0.15, 0.2) is 18.3 Å². The van der Waals surface area contributed by atoms with Gasteiger partial charge in [-0.3, -0.25) is 9.52 Å². The standard InChI is InChI=1S/C22H31N7O3S/c1-3-33(31,32)28-19-12-18-17(13-24-19)21(30)26-20-11-15(2)25-22(27-20)23-9-5-4-7-16-8-6-10-29(18)14-16/h11-13,16H,3-10,14H2,1-2H3,(H,24,28)(H2,23,25,26,27,30). The first-order valence-electron chi connectivity index (χ1n) is 11.5. The molecule has 2 aromatic rings. The van der Waals surface area contributed by atoms with Crippen LogP contribution in [0, 0.1) is 12.8 Å². The fraction of sp³-hybridized carbons (Fsp3) is 0.545. The fourth-order valence-corrected chi connectivity index (χ4v) is 4.92. The van der Waals surface area contributed by atoms with E-state index in [1.807, 2.05) is 6.92 Å². The summed E-state index contributed by atoms with van der Waals surface area (Å²) in [5.41, 5.74) is 1.81. The first kappa shape index (κ1) is 23.2. The maximum Gasteiger partial charge on any atom is 0.260 e. The smallest absolute Gasteiger partial charge is 0.260 e. The molecular formula is C22H31N7O3S. The molecule has 0 aliphatic carbocycles. The minimum Gasteiger partial charge on any atom is -0.370 e. The number of piperidine rings is 1. The number of sulfonamides is 1. The summed E-state index contributed by atoms with van der Waals surface area (Å²) >= 11 is 0. The predicted molar refractivity (Wildman–Crippen MR) is 129 cm³/mol. The third-order valence-corrected chi connectivity index (χ3v) is 7.32. The Morgan fingerprint density at radius 2 is 2.00 bits per heavy atom. The van der Waals surface area contributed by atoms with Crippen molar-refractivity contribution < 1.29 is 13.2 Å². The molecule has 3 N–H and O–H groups in total. The summed E-state index contributed by atoms with van der Waals surface area (Å²) in [5, 5.41) is 6.12. The SMILES string of the molecule is CCS(=O)(=O)Nc1cc2c(cn1)C(=O)Nc1cc(C)nc(n1)NCCCCC1CCCN2C1. The van der Waals surface area contributed by atoms with Crippen molar-refractivity contribution in [2.45, 2.75) is 46.0 Å². The molecule has 2 aliphatic heterocycles. The van der Waals surface area contributed by atoms with Gasteiger partial charge in [-0.1, -0.05) is 6.42 Å². The Bertz CT molecular complexity index is 1120. The largest absolute Gasteiger partial charge is 0.370 e. The van der Waals surface area contributed by atoms with Gasteiger partial charge in [-0.15, -0.1) is 0 Å². The lowest BCUT2D eigenvalue weighted by Gasteiger charge is -2.35. The highest BCUT2D eigenvalue weighted by molar-refractivity contribution is 7.92. The number of nitrogens with one attached hydrogen (secondary N) is 3. The highest BCUT2D eigenvalue weighted by atomic mass is 32.2. The third kappa shape index (κ3) is 5.89. The molecule has 0 saturated carbocycles. The summed E-state index contributed by atoms with van der Waals surface area (Å²) in [5.74, 6) is 1.23. The van der Waals surface area contributed by atoms with Crippen LogP contribution in [0.1, 0.15) is 55.1 Å². The molecule has 4 rings (SSSR count). The Hall–Kier alpha value is -2.95. The van der Waals surface area contributed by atoms with Gasteiger partial charge in [-0.05, 0) is 45.4 Å². The molecule has 0 radical (unpaired) electrons. The Kier molecular flexibility index (Phi) is 6.96. The van der Waals surface area contributed by atoms with Gasteiger partial charge in [0.25, 0.3) is 5.91 Å². The van der Waals surface area contributed by atoms with Crippen LogP contribution in [0.25, 0.3) is 0 Å². The maximum absolute atomic E-state index is 13.3. The average molecular weight is 474 g/mol. The van der Waals surface area contributed by atoms with Crippen molar-refractivity contribution in [3.05, 3.63) is 29.6 Å². The topological polar surface area (TPSA) is 129 Å². The van der Waals surface area contributed by atoms with Crippen LogP contribution in [-0.2, 0) is 10.0 Å². The summed E-state index contributed by atoms with van der Waals surface area (Å²) < 4.78 is 26.7. The van der Waals surface area contributed by atoms with Gasteiger partial charge in [0, 0.05) is 43.7 Å². The van der Waals surface area contributed by atoms with E-state index in [0.717, 1.165) is 57.4 Å². The van der Waals surface area contributed by atoms with Crippen molar-refractivity contribution in [2.75, 3.05) is 45.6 Å². The highest BCUT2D eigenvalue weighted by Gasteiger charge is 2.25. The zero-order chi connectivity index (χ0) is 23.4. The van der Waals surface area contributed by atoms with E-state index in [1.54, 1.807) is 19.1 Å². The van der Waals surface area contributed by atoms with Crippen molar-refractivity contribution in [2.24, 2.45) is 5.92 Å². The van der Waals surface area contributed by atoms with Crippen molar-refractivity contribution in [3.63, 3.8) is 0 Å². The quantitative estimate of drug-likeness (QED) is 0.620. The number of hydrogen-bond donors (Lipinski definition) is 3. The maximum atomic E-state index is 13.3. The Morgan fingerprint density at radius 1 is 1.18 bits per heavy atom. The number of anilines is 4. The molecule has 1 atom stereocenters. The fourth-order valence-electron chi connectivity index (χ4n) is 4.34. The van der Waals surface area contributed by atoms with Crippen LogP contribution >= 0.6 is 0 Å². The number of aromatic nitrogens is 3. The minimum atomic E-state index is -3.48. The Morgan fingerprint density at radius 3 is 2.82 bits per heavy atom. The van der Waals surface area contributed by atoms with E-state index in [2.05, 4.69) is 35.2 Å². The number of pyridine rings is 1. The molecule has 4 bridgehead atoms. The van der Waals surface area contributed by atoms with Crippen molar-refractivity contribution in [3.8, 4) is 0 Å². The number of aryl methyl sites for hydroxylation is 1. The van der Waals surface area contributed by atoms with Gasteiger partial charge in [-0.25, -0.2) is 18.4 Å². The van der Waals surface area contributed by atoms with E-state index in [1.165, 1.54) is 6.20 Å². The van der Waals surface area contributed by atoms with Crippen molar-refractivity contribution in [1.29, 1.82) is 0 Å². The van der Waals surface area contributed by atoms with Crippen LogP contribution < -0.4 is 20.3 Å². The van der Waals surface area contributed by atoms with E-state index in [0.29, 0.717) is 28.9 Å². The van der Waals surface area contributed by atoms with Gasteiger partial charge in [0.05, 0.1) is 17.0 Å². The lowest BCUT2D eigenvalue weighted by Crippen LogP contribution is -2.37. The van der Waals surface area contributed by atoms with Gasteiger partial charge in [0.2, 0.25) is 16.0 Å². The van der Waals surface area contributed by atoms with Crippen LogP contribution in [0.2, 0.25) is 0 Å².